The largest absolute Gasteiger partial charge is 2.00 e. The average Bonchev–Trinajstić information content (AvgIpc) is 0.722. The van der Waals surface area contributed by atoms with Crippen LogP contribution in [0.15, 0.2) is 0 Å². The number of hydrogen-bond donors (Lipinski definition) is 4. The van der Waals surface area contributed by atoms with Crippen LogP contribution in [0, 0.1) is 0 Å². The van der Waals surface area contributed by atoms with Gasteiger partial charge in [0.05, 0.1) is 0 Å². The van der Waals surface area contributed by atoms with E-state index >= 15 is 0 Å². The summed E-state index contributed by atoms with van der Waals surface area (Å²) in [5.74, 6) is 0. The zero-order chi connectivity index (χ0) is 4.50. The molecular formula is H14AlBaFeKMgO5Si. The van der Waals surface area contributed by atoms with E-state index in [1.807, 2.05) is 0 Å². The SMILES string of the molecule is O.O[Si](O)(O)O.[AlH3].[Ba+2].[Fe].[H-].[H-].[H-].[H-].[H-].[K+].[Mg+2]. The molecule has 0 aromatic heterocycles. The molecule has 0 heterocycles. The fourth-order valence-electron chi connectivity index (χ4n) is 0. The molecule has 0 atom stereocenters. The Balaban J connectivity index is -0.00000000145. The number of rotatable bonds is 0. The molecule has 0 saturated heterocycles. The second-order valence-electron chi connectivity index (χ2n) is 0.600. The van der Waals surface area contributed by atoms with E-state index in [1.165, 1.54) is 0 Å². The van der Waals surface area contributed by atoms with Crippen LogP contribution in [0.4, 0.5) is 0 Å². The van der Waals surface area contributed by atoms with E-state index in [9.17, 15) is 0 Å². The van der Waals surface area contributed by atoms with Crippen LogP contribution in [0.25, 0.3) is 0 Å². The fourth-order valence-corrected chi connectivity index (χ4v) is 0. The van der Waals surface area contributed by atoms with E-state index in [0.29, 0.717) is 0 Å². The molecule has 0 radical (unpaired) electrons. The van der Waals surface area contributed by atoms with Crippen molar-refractivity contribution in [2.75, 3.05) is 0 Å². The zero-order valence-electron chi connectivity index (χ0n) is 10.6. The van der Waals surface area contributed by atoms with Crippen molar-refractivity contribution in [2.45, 2.75) is 0 Å². The van der Waals surface area contributed by atoms with Crippen molar-refractivity contribution in [1.82, 2.24) is 0 Å². The molecule has 0 aromatic carbocycles. The van der Waals surface area contributed by atoms with Gasteiger partial charge in [-0.2, -0.15) is 0 Å². The van der Waals surface area contributed by atoms with Crippen molar-refractivity contribution < 1.29 is 100 Å². The normalized spacial score (nSPS) is 5.45. The summed E-state index contributed by atoms with van der Waals surface area (Å²) in [5.41, 5.74) is 0. The van der Waals surface area contributed by atoms with E-state index < -0.39 is 9.05 Å². The van der Waals surface area contributed by atoms with Gasteiger partial charge >= 0.3 is 132 Å². The summed E-state index contributed by atoms with van der Waals surface area (Å²) in [6.45, 7) is 0. The van der Waals surface area contributed by atoms with Gasteiger partial charge < -0.3 is 31.8 Å². The fraction of sp³-hybridized carbons (Fsp3) is 0. The van der Waals surface area contributed by atoms with Gasteiger partial charge in [0.2, 0.25) is 0 Å². The zero-order valence-corrected chi connectivity index (χ0v) is 16.6. The average molecular weight is 406 g/mol. The molecular weight excluding hydrogens is 392 g/mol. The first-order chi connectivity index (χ1) is 2.00. The standard InChI is InChI=1S/Al.Ba.Fe.K.Mg.H4O4Si.H2O.8H/c;;;;;1-5(2,3)4;;;;;;;;;/h;;;;;1-4H;1H2;;;;;;;;/q;+2;;+1;+2;;;;;;5*-1. The molecule has 0 unspecified atom stereocenters. The van der Waals surface area contributed by atoms with Gasteiger partial charge in [-0.1, -0.05) is 0 Å². The van der Waals surface area contributed by atoms with Gasteiger partial charge in [-0.15, -0.1) is 0 Å². The predicted molar refractivity (Wildman–Crippen MR) is 45.3 cm³/mol. The topological polar surface area (TPSA) is 112 Å². The summed E-state index contributed by atoms with van der Waals surface area (Å²) < 4.78 is 0. The minimum Gasteiger partial charge on any atom is -1.00 e. The van der Waals surface area contributed by atoms with Gasteiger partial charge in [0.25, 0.3) is 0 Å². The van der Waals surface area contributed by atoms with Crippen LogP contribution in [0.3, 0.4) is 0 Å². The van der Waals surface area contributed by atoms with Gasteiger partial charge in [0.1, 0.15) is 0 Å². The molecule has 0 rings (SSSR count). The molecule has 0 bridgehead atoms. The maximum Gasteiger partial charge on any atom is 2.00 e. The molecule has 0 amide bonds. The third-order valence-corrected chi connectivity index (χ3v) is 0. The van der Waals surface area contributed by atoms with Gasteiger partial charge in [-0.25, -0.2) is 0 Å². The third-order valence-electron chi connectivity index (χ3n) is 0. The maximum absolute atomic E-state index is 7.33. The van der Waals surface area contributed by atoms with Crippen LogP contribution in [0.2, 0.25) is 0 Å². The predicted octanol–water partition coefficient (Wildman–Crippen LogP) is -7.81. The van der Waals surface area contributed by atoms with Crippen LogP contribution in [0.5, 0.6) is 0 Å². The molecule has 0 aliphatic rings. The Morgan fingerprint density at radius 3 is 1.00 bits per heavy atom. The van der Waals surface area contributed by atoms with Gasteiger partial charge in [0, 0.05) is 17.1 Å². The molecule has 6 N–H and O–H groups in total. The second kappa shape index (κ2) is 24.3. The van der Waals surface area contributed by atoms with Crippen molar-refractivity contribution in [3.05, 3.63) is 0 Å². The minimum absolute atomic E-state index is 0. The van der Waals surface area contributed by atoms with Crippen molar-refractivity contribution >= 4 is 98.3 Å². The van der Waals surface area contributed by atoms with Crippen molar-refractivity contribution in [3.8, 4) is 0 Å². The summed E-state index contributed by atoms with van der Waals surface area (Å²) >= 11 is 0. The molecule has 0 saturated carbocycles. The quantitative estimate of drug-likeness (QED) is 0.300. The van der Waals surface area contributed by atoms with Crippen molar-refractivity contribution in [1.29, 1.82) is 0 Å². The first-order valence-electron chi connectivity index (χ1n) is 0.894. The Kier molecular flexibility index (Phi) is 98.2. The second-order valence-corrected chi connectivity index (χ2v) is 1.80. The Morgan fingerprint density at radius 2 is 1.00 bits per heavy atom. The van der Waals surface area contributed by atoms with Crippen LogP contribution in [-0.4, -0.2) is 123 Å². The third kappa shape index (κ3) is 101. The van der Waals surface area contributed by atoms with Gasteiger partial charge in [-0.3, -0.25) is 0 Å². The van der Waals surface area contributed by atoms with Crippen LogP contribution >= 0.6 is 0 Å². The smallest absolute Gasteiger partial charge is 1.00 e. The van der Waals surface area contributed by atoms with Crippen LogP contribution in [0.1, 0.15) is 7.13 Å². The Labute approximate surface area is 194 Å². The van der Waals surface area contributed by atoms with E-state index in [0.717, 1.165) is 0 Å². The first-order valence-corrected chi connectivity index (χ1v) is 2.68. The van der Waals surface area contributed by atoms with E-state index in [4.69, 9.17) is 19.2 Å². The summed E-state index contributed by atoms with van der Waals surface area (Å²) in [6, 6.07) is 0. The van der Waals surface area contributed by atoms with Crippen LogP contribution < -0.4 is 51.4 Å². The van der Waals surface area contributed by atoms with Crippen LogP contribution in [-0.2, 0) is 17.1 Å². The molecule has 11 heteroatoms. The summed E-state index contributed by atoms with van der Waals surface area (Å²) in [6.07, 6.45) is 0. The molecule has 5 nitrogen and oxygen atoms in total. The van der Waals surface area contributed by atoms with E-state index in [1.54, 1.807) is 0 Å². The molecule has 0 aliphatic carbocycles. The molecule has 11 heavy (non-hydrogen) atoms. The summed E-state index contributed by atoms with van der Waals surface area (Å²) in [5, 5.41) is 0. The molecule has 64 valence electrons. The first kappa shape index (κ1) is 44.4. The Morgan fingerprint density at radius 1 is 1.00 bits per heavy atom. The molecule has 0 aromatic rings. The monoisotopic (exact) mass is 406 g/mol. The number of hydrogen-bond acceptors (Lipinski definition) is 4. The molecule has 0 aliphatic heterocycles. The van der Waals surface area contributed by atoms with Gasteiger partial charge in [-0.05, 0) is 0 Å². The van der Waals surface area contributed by atoms with Crippen molar-refractivity contribution in [3.63, 3.8) is 0 Å². The molecule has 0 fully saturated rings. The van der Waals surface area contributed by atoms with Gasteiger partial charge in [0.15, 0.2) is 17.4 Å². The Bertz CT molecular complexity index is 56.3. The minimum atomic E-state index is -4.61. The van der Waals surface area contributed by atoms with E-state index in [2.05, 4.69) is 0 Å². The maximum atomic E-state index is 7.33. The Hall–Kier alpha value is 5.04. The van der Waals surface area contributed by atoms with E-state index in [-0.39, 0.29) is 170 Å². The summed E-state index contributed by atoms with van der Waals surface area (Å²) in [7, 11) is -4.61. The molecule has 0 spiro atoms. The van der Waals surface area contributed by atoms with Crippen molar-refractivity contribution in [2.24, 2.45) is 0 Å². The summed E-state index contributed by atoms with van der Waals surface area (Å²) in [4.78, 5) is 29.3.